The molecule has 0 aliphatic carbocycles. The van der Waals surface area contributed by atoms with E-state index in [0.717, 1.165) is 23.9 Å². The number of ketones is 1. The number of aryl methyl sites for hydroxylation is 1. The predicted octanol–water partition coefficient (Wildman–Crippen LogP) is 4.06. The van der Waals surface area contributed by atoms with Gasteiger partial charge in [-0.1, -0.05) is 0 Å². The summed E-state index contributed by atoms with van der Waals surface area (Å²) in [6.07, 6.45) is 0. The van der Waals surface area contributed by atoms with Crippen molar-refractivity contribution < 1.29 is 23.1 Å². The van der Waals surface area contributed by atoms with Gasteiger partial charge in [-0.05, 0) is 38.5 Å². The van der Waals surface area contributed by atoms with Crippen LogP contribution in [0.25, 0.3) is 0 Å². The summed E-state index contributed by atoms with van der Waals surface area (Å²) in [5.74, 6) is -2.19. The van der Waals surface area contributed by atoms with E-state index in [2.05, 4.69) is 4.98 Å². The molecule has 24 heavy (non-hydrogen) atoms. The molecule has 1 unspecified atom stereocenters. The predicted molar refractivity (Wildman–Crippen MR) is 87.6 cm³/mol. The highest BCUT2D eigenvalue weighted by Crippen LogP contribution is 2.30. The molecule has 0 amide bonds. The van der Waals surface area contributed by atoms with Crippen molar-refractivity contribution in [3.63, 3.8) is 0 Å². The number of nitrogens with one attached hydrogen (secondary N) is 1. The molecule has 7 heteroatoms. The summed E-state index contributed by atoms with van der Waals surface area (Å²) in [5.41, 5.74) is 1.64. The molecule has 0 saturated heterocycles. The summed E-state index contributed by atoms with van der Waals surface area (Å²) in [4.78, 5) is 27.5. The molecule has 1 aromatic heterocycles. The van der Waals surface area contributed by atoms with Crippen molar-refractivity contribution in [1.29, 1.82) is 0 Å². The van der Waals surface area contributed by atoms with Crippen LogP contribution in [0.5, 0.6) is 0 Å². The Hall–Kier alpha value is -2.15. The van der Waals surface area contributed by atoms with E-state index in [-0.39, 0.29) is 16.4 Å². The smallest absolute Gasteiger partial charge is 0.339 e. The van der Waals surface area contributed by atoms with Crippen LogP contribution in [0.3, 0.4) is 0 Å². The highest BCUT2D eigenvalue weighted by atomic mass is 32.2. The Morgan fingerprint density at radius 2 is 1.92 bits per heavy atom. The minimum atomic E-state index is -0.714. The van der Waals surface area contributed by atoms with Gasteiger partial charge in [0.25, 0.3) is 0 Å². The third kappa shape index (κ3) is 3.51. The van der Waals surface area contributed by atoms with E-state index < -0.39 is 22.9 Å². The van der Waals surface area contributed by atoms with Crippen LogP contribution < -0.4 is 0 Å². The number of hydrogen-bond donors (Lipinski definition) is 1. The Morgan fingerprint density at radius 1 is 1.25 bits per heavy atom. The van der Waals surface area contributed by atoms with Crippen molar-refractivity contribution in [2.45, 2.75) is 30.9 Å². The first-order chi connectivity index (χ1) is 11.3. The maximum atomic E-state index is 13.7. The summed E-state index contributed by atoms with van der Waals surface area (Å²) in [5, 5.41) is -0.618. The molecule has 0 radical (unpaired) electrons. The number of ether oxygens (including phenoxy) is 1. The van der Waals surface area contributed by atoms with E-state index in [1.165, 1.54) is 13.2 Å². The van der Waals surface area contributed by atoms with Crippen LogP contribution in [0.1, 0.15) is 39.0 Å². The molecule has 128 valence electrons. The molecule has 0 aliphatic heterocycles. The van der Waals surface area contributed by atoms with E-state index in [9.17, 15) is 18.4 Å². The number of carbonyl (C=O) groups excluding carboxylic acids is 2. The monoisotopic (exact) mass is 353 g/mol. The van der Waals surface area contributed by atoms with Gasteiger partial charge in [-0.15, -0.1) is 11.8 Å². The van der Waals surface area contributed by atoms with Crippen LogP contribution in [0, 0.1) is 25.5 Å². The lowest BCUT2D eigenvalue weighted by Crippen LogP contribution is -2.15. The van der Waals surface area contributed by atoms with E-state index in [1.54, 1.807) is 20.8 Å². The number of benzene rings is 1. The molecule has 4 nitrogen and oxygen atoms in total. The van der Waals surface area contributed by atoms with Crippen molar-refractivity contribution in [2.75, 3.05) is 7.11 Å². The summed E-state index contributed by atoms with van der Waals surface area (Å²) in [6.45, 7) is 4.95. The molecule has 1 aromatic carbocycles. The van der Waals surface area contributed by atoms with Crippen molar-refractivity contribution in [3.05, 3.63) is 52.3 Å². The number of Topliss-reactive ketones (excluding diaryl/α,β-unsaturated/α-hetero) is 1. The molecule has 0 bridgehead atoms. The number of thioether (sulfide) groups is 1. The number of esters is 1. The Bertz CT molecular complexity index is 801. The molecule has 0 aliphatic rings. The first-order valence-electron chi connectivity index (χ1n) is 7.19. The van der Waals surface area contributed by atoms with Crippen molar-refractivity contribution in [2.24, 2.45) is 0 Å². The zero-order valence-electron chi connectivity index (χ0n) is 13.7. The van der Waals surface area contributed by atoms with Gasteiger partial charge in [0.05, 0.1) is 23.6 Å². The molecule has 0 fully saturated rings. The minimum absolute atomic E-state index is 0.186. The van der Waals surface area contributed by atoms with Gasteiger partial charge in [0.15, 0.2) is 5.78 Å². The molecule has 2 aromatic rings. The molecule has 2 rings (SSSR count). The minimum Gasteiger partial charge on any atom is -0.465 e. The number of carbonyl (C=O) groups is 2. The van der Waals surface area contributed by atoms with Crippen LogP contribution >= 0.6 is 11.8 Å². The van der Waals surface area contributed by atoms with Crippen LogP contribution in [0.15, 0.2) is 23.1 Å². The van der Waals surface area contributed by atoms with Crippen LogP contribution in [-0.2, 0) is 4.74 Å². The average Bonchev–Trinajstić information content (AvgIpc) is 2.83. The van der Waals surface area contributed by atoms with Gasteiger partial charge >= 0.3 is 5.97 Å². The van der Waals surface area contributed by atoms with Gasteiger partial charge in [-0.25, -0.2) is 13.6 Å². The summed E-state index contributed by atoms with van der Waals surface area (Å²) < 4.78 is 31.4. The third-order valence-electron chi connectivity index (χ3n) is 3.64. The molecular formula is C17H17F2NO3S. The highest BCUT2D eigenvalue weighted by Gasteiger charge is 2.26. The number of aromatic nitrogens is 1. The second kappa shape index (κ2) is 7.17. The zero-order valence-corrected chi connectivity index (χ0v) is 14.5. The van der Waals surface area contributed by atoms with Gasteiger partial charge < -0.3 is 9.72 Å². The molecule has 1 N–H and O–H groups in total. The van der Waals surface area contributed by atoms with Crippen molar-refractivity contribution >= 4 is 23.5 Å². The lowest BCUT2D eigenvalue weighted by Gasteiger charge is -2.11. The number of hydrogen-bond acceptors (Lipinski definition) is 4. The van der Waals surface area contributed by atoms with Crippen LogP contribution in [-0.4, -0.2) is 29.1 Å². The number of aromatic amines is 1. The number of rotatable bonds is 5. The molecule has 0 spiro atoms. The van der Waals surface area contributed by atoms with E-state index >= 15 is 0 Å². The molecule has 1 atom stereocenters. The largest absolute Gasteiger partial charge is 0.465 e. The topological polar surface area (TPSA) is 59.2 Å². The summed E-state index contributed by atoms with van der Waals surface area (Å²) >= 11 is 0.992. The highest BCUT2D eigenvalue weighted by molar-refractivity contribution is 8.00. The number of methoxy groups -OCH3 is 1. The normalized spacial score (nSPS) is 12.1. The van der Waals surface area contributed by atoms with E-state index in [0.29, 0.717) is 16.8 Å². The maximum Gasteiger partial charge on any atom is 0.339 e. The second-order valence-corrected chi connectivity index (χ2v) is 6.70. The number of H-pyrrole nitrogens is 1. The Morgan fingerprint density at radius 3 is 2.50 bits per heavy atom. The first-order valence-corrected chi connectivity index (χ1v) is 8.07. The fourth-order valence-electron chi connectivity index (χ4n) is 2.42. The van der Waals surface area contributed by atoms with Crippen LogP contribution in [0.2, 0.25) is 0 Å². The first kappa shape index (κ1) is 18.2. The Kier molecular flexibility index (Phi) is 5.43. The standard InChI is InChI=1S/C17H17F2NO3S/c1-8-14(17(22)23-4)9(2)20-15(8)16(21)10(3)24-13-6-5-11(18)7-12(13)19/h5-7,10,20H,1-4H3. The fraction of sp³-hybridized carbons (Fsp3) is 0.294. The quantitative estimate of drug-likeness (QED) is 0.500. The van der Waals surface area contributed by atoms with E-state index in [1.807, 2.05) is 0 Å². The summed E-state index contributed by atoms with van der Waals surface area (Å²) in [7, 11) is 1.27. The number of halogens is 2. The fourth-order valence-corrected chi connectivity index (χ4v) is 3.35. The average molecular weight is 353 g/mol. The van der Waals surface area contributed by atoms with Crippen molar-refractivity contribution in [1.82, 2.24) is 4.98 Å². The van der Waals surface area contributed by atoms with E-state index in [4.69, 9.17) is 4.74 Å². The summed E-state index contributed by atoms with van der Waals surface area (Å²) in [6, 6.07) is 3.22. The molecule has 1 heterocycles. The van der Waals surface area contributed by atoms with Gasteiger partial charge in [0.1, 0.15) is 11.6 Å². The lowest BCUT2D eigenvalue weighted by atomic mass is 10.1. The lowest BCUT2D eigenvalue weighted by molar-refractivity contribution is 0.0599. The van der Waals surface area contributed by atoms with Gasteiger partial charge in [-0.2, -0.15) is 0 Å². The van der Waals surface area contributed by atoms with Gasteiger partial charge in [0.2, 0.25) is 0 Å². The van der Waals surface area contributed by atoms with Gasteiger partial charge in [-0.3, -0.25) is 4.79 Å². The Balaban J connectivity index is 2.27. The van der Waals surface area contributed by atoms with Crippen LogP contribution in [0.4, 0.5) is 8.78 Å². The Labute approximate surface area is 142 Å². The second-order valence-electron chi connectivity index (χ2n) is 5.32. The third-order valence-corrected chi connectivity index (χ3v) is 4.79. The SMILES string of the molecule is COC(=O)c1c(C)[nH]c(C(=O)C(C)Sc2ccc(F)cc2F)c1C. The maximum absolute atomic E-state index is 13.7. The van der Waals surface area contributed by atoms with Crippen molar-refractivity contribution in [3.8, 4) is 0 Å². The molecule has 0 saturated carbocycles. The zero-order chi connectivity index (χ0) is 18.0. The van der Waals surface area contributed by atoms with Gasteiger partial charge in [0, 0.05) is 16.7 Å². The molecular weight excluding hydrogens is 336 g/mol.